The van der Waals surface area contributed by atoms with Crippen LogP contribution < -0.4 is 10.4 Å². The van der Waals surface area contributed by atoms with Crippen molar-refractivity contribution in [3.05, 3.63) is 108 Å². The molecular formula is C37H34BNO2S. The number of fused-ring (bicyclic) bond motifs is 7. The lowest BCUT2D eigenvalue weighted by Gasteiger charge is -2.35. The normalized spacial score (nSPS) is 18.9. The third-order valence-electron chi connectivity index (χ3n) is 9.89. The summed E-state index contributed by atoms with van der Waals surface area (Å²) in [5.41, 5.74) is 9.12. The Morgan fingerprint density at radius 3 is 2.17 bits per heavy atom. The number of hydrogen-bond donors (Lipinski definition) is 0. The molecule has 0 radical (unpaired) electrons. The molecule has 0 unspecified atom stereocenters. The van der Waals surface area contributed by atoms with E-state index in [2.05, 4.69) is 144 Å². The highest BCUT2D eigenvalue weighted by atomic mass is 32.2. The van der Waals surface area contributed by atoms with Gasteiger partial charge in [0.05, 0.1) is 22.6 Å². The van der Waals surface area contributed by atoms with Crippen molar-refractivity contribution in [2.75, 3.05) is 4.90 Å². The average Bonchev–Trinajstić information content (AvgIpc) is 3.35. The molecule has 5 aromatic rings. The summed E-state index contributed by atoms with van der Waals surface area (Å²) < 4.78 is 13.0. The van der Waals surface area contributed by atoms with Crippen molar-refractivity contribution in [3.63, 3.8) is 0 Å². The summed E-state index contributed by atoms with van der Waals surface area (Å²) in [4.78, 5) is 4.95. The van der Waals surface area contributed by atoms with Gasteiger partial charge in [-0.15, -0.1) is 0 Å². The third kappa shape index (κ3) is 3.63. The fourth-order valence-electron chi connectivity index (χ4n) is 6.79. The average molecular weight is 568 g/mol. The molecule has 3 aliphatic rings. The monoisotopic (exact) mass is 567 g/mol. The molecule has 2 aliphatic heterocycles. The second kappa shape index (κ2) is 8.76. The quantitative estimate of drug-likeness (QED) is 0.194. The van der Waals surface area contributed by atoms with Crippen molar-refractivity contribution in [1.82, 2.24) is 0 Å². The summed E-state index contributed by atoms with van der Waals surface area (Å²) in [6.45, 7) is 13.1. The van der Waals surface area contributed by atoms with Crippen LogP contribution in [0, 0.1) is 0 Å². The Kier molecular flexibility index (Phi) is 5.45. The van der Waals surface area contributed by atoms with Crippen molar-refractivity contribution < 1.29 is 9.31 Å². The molecule has 1 saturated heterocycles. The van der Waals surface area contributed by atoms with E-state index in [9.17, 15) is 0 Å². The van der Waals surface area contributed by atoms with Crippen molar-refractivity contribution in [2.45, 2.75) is 68.0 Å². The maximum absolute atomic E-state index is 6.49. The highest BCUT2D eigenvalue weighted by Crippen LogP contribution is 2.55. The van der Waals surface area contributed by atoms with Gasteiger partial charge in [-0.1, -0.05) is 92.3 Å². The van der Waals surface area contributed by atoms with Gasteiger partial charge in [0, 0.05) is 20.9 Å². The second-order valence-corrected chi connectivity index (χ2v) is 14.3. The molecule has 0 N–H and O–H groups in total. The van der Waals surface area contributed by atoms with E-state index in [0.717, 1.165) is 11.2 Å². The molecule has 0 spiro atoms. The number of nitrogens with zero attached hydrogens (tertiary/aromatic N) is 1. The van der Waals surface area contributed by atoms with Crippen LogP contribution in [0.5, 0.6) is 0 Å². The number of hydrogen-bond acceptors (Lipinski definition) is 4. The molecule has 8 rings (SSSR count). The Morgan fingerprint density at radius 2 is 1.36 bits per heavy atom. The van der Waals surface area contributed by atoms with Crippen LogP contribution in [0.15, 0.2) is 107 Å². The van der Waals surface area contributed by atoms with E-state index in [1.807, 2.05) is 11.8 Å². The summed E-state index contributed by atoms with van der Waals surface area (Å²) in [5, 5.41) is 2.53. The zero-order chi connectivity index (χ0) is 29.0. The van der Waals surface area contributed by atoms with E-state index in [1.165, 1.54) is 54.2 Å². The van der Waals surface area contributed by atoms with Gasteiger partial charge in [-0.3, -0.25) is 0 Å². The lowest BCUT2D eigenvalue weighted by atomic mass is 9.78. The minimum Gasteiger partial charge on any atom is -0.399 e. The van der Waals surface area contributed by atoms with Crippen LogP contribution in [-0.4, -0.2) is 18.3 Å². The predicted molar refractivity (Wildman–Crippen MR) is 176 cm³/mol. The molecule has 1 fully saturated rings. The highest BCUT2D eigenvalue weighted by Gasteiger charge is 2.52. The lowest BCUT2D eigenvalue weighted by Crippen LogP contribution is -2.41. The topological polar surface area (TPSA) is 21.7 Å². The fraction of sp³-hybridized carbons (Fsp3) is 0.243. The Labute approximate surface area is 253 Å². The third-order valence-corrected chi connectivity index (χ3v) is 11.1. The minimum absolute atomic E-state index is 0.0773. The summed E-state index contributed by atoms with van der Waals surface area (Å²) >= 11 is 1.85. The SMILES string of the molecule is CC1(C)c2ccccc2-c2ccc(N3c4cc(B5OC(C)(C)C(C)(C)O5)ccc4Sc4c3ccc3ccccc43)cc21. The molecule has 0 atom stereocenters. The van der Waals surface area contributed by atoms with Gasteiger partial charge in [-0.25, -0.2) is 0 Å². The van der Waals surface area contributed by atoms with Crippen molar-refractivity contribution in [1.29, 1.82) is 0 Å². The first-order valence-electron chi connectivity index (χ1n) is 14.8. The van der Waals surface area contributed by atoms with E-state index in [4.69, 9.17) is 9.31 Å². The van der Waals surface area contributed by atoms with Crippen LogP contribution >= 0.6 is 11.8 Å². The van der Waals surface area contributed by atoms with Gasteiger partial charge in [-0.05, 0) is 96.5 Å². The first-order chi connectivity index (χ1) is 20.0. The zero-order valence-corrected chi connectivity index (χ0v) is 25.8. The van der Waals surface area contributed by atoms with Gasteiger partial charge in [0.1, 0.15) is 0 Å². The van der Waals surface area contributed by atoms with Crippen molar-refractivity contribution >= 4 is 52.2 Å². The second-order valence-electron chi connectivity index (χ2n) is 13.3. The molecule has 0 amide bonds. The summed E-state index contributed by atoms with van der Waals surface area (Å²) in [7, 11) is -0.418. The lowest BCUT2D eigenvalue weighted by molar-refractivity contribution is 0.00578. The van der Waals surface area contributed by atoms with Crippen LogP contribution in [0.4, 0.5) is 17.1 Å². The Balaban J connectivity index is 1.32. The molecule has 3 nitrogen and oxygen atoms in total. The van der Waals surface area contributed by atoms with E-state index >= 15 is 0 Å². The minimum atomic E-state index is -0.418. The van der Waals surface area contributed by atoms with Crippen LogP contribution in [-0.2, 0) is 14.7 Å². The van der Waals surface area contributed by atoms with Gasteiger partial charge in [0.25, 0.3) is 0 Å². The van der Waals surface area contributed by atoms with Crippen LogP contribution in [0.2, 0.25) is 0 Å². The van der Waals surface area contributed by atoms with Gasteiger partial charge >= 0.3 is 7.12 Å². The smallest absolute Gasteiger partial charge is 0.399 e. The maximum Gasteiger partial charge on any atom is 0.494 e. The summed E-state index contributed by atoms with van der Waals surface area (Å²) in [6, 6.07) is 35.8. The largest absolute Gasteiger partial charge is 0.494 e. The van der Waals surface area contributed by atoms with Gasteiger partial charge in [-0.2, -0.15) is 0 Å². The summed E-state index contributed by atoms with van der Waals surface area (Å²) in [6.07, 6.45) is 0. The number of anilines is 3. The first-order valence-corrected chi connectivity index (χ1v) is 15.6. The van der Waals surface area contributed by atoms with E-state index < -0.39 is 18.3 Å². The fourth-order valence-corrected chi connectivity index (χ4v) is 7.96. The molecule has 0 bridgehead atoms. The van der Waals surface area contributed by atoms with Gasteiger partial charge in [0.15, 0.2) is 0 Å². The number of rotatable bonds is 2. The zero-order valence-electron chi connectivity index (χ0n) is 25.0. The van der Waals surface area contributed by atoms with E-state index in [0.29, 0.717) is 0 Å². The van der Waals surface area contributed by atoms with E-state index in [-0.39, 0.29) is 5.41 Å². The van der Waals surface area contributed by atoms with Crippen LogP contribution in [0.25, 0.3) is 21.9 Å². The molecule has 5 aromatic carbocycles. The van der Waals surface area contributed by atoms with Gasteiger partial charge < -0.3 is 14.2 Å². The Bertz CT molecular complexity index is 1910. The van der Waals surface area contributed by atoms with Crippen LogP contribution in [0.1, 0.15) is 52.7 Å². The standard InChI is InChI=1S/C37H34BNO2S/c1-35(2)29-14-10-9-13-27(29)28-18-17-25(22-30(28)35)39-31-19-15-23-11-7-8-12-26(23)34(31)42-33-20-16-24(21-32(33)39)38-40-36(3,4)37(5,6)41-38/h7-22H,1-6H3. The van der Waals surface area contributed by atoms with Crippen LogP contribution in [0.3, 0.4) is 0 Å². The molecule has 0 aromatic heterocycles. The molecule has 0 saturated carbocycles. The Hall–Kier alpha value is -3.51. The molecule has 2 heterocycles. The summed E-state index contributed by atoms with van der Waals surface area (Å²) in [5.74, 6) is 0. The van der Waals surface area contributed by atoms with E-state index in [1.54, 1.807) is 0 Å². The highest BCUT2D eigenvalue weighted by molar-refractivity contribution is 8.00. The first kappa shape index (κ1) is 26.1. The van der Waals surface area contributed by atoms with Crippen molar-refractivity contribution in [3.8, 4) is 11.1 Å². The maximum atomic E-state index is 6.49. The van der Waals surface area contributed by atoms with Crippen molar-refractivity contribution in [2.24, 2.45) is 0 Å². The molecular weight excluding hydrogens is 533 g/mol. The molecule has 42 heavy (non-hydrogen) atoms. The van der Waals surface area contributed by atoms with Gasteiger partial charge in [0.2, 0.25) is 0 Å². The predicted octanol–water partition coefficient (Wildman–Crippen LogP) is 9.38. The Morgan fingerprint density at radius 1 is 0.643 bits per heavy atom. The number of benzene rings is 5. The molecule has 5 heteroatoms. The molecule has 1 aliphatic carbocycles. The molecule has 208 valence electrons.